The van der Waals surface area contributed by atoms with Crippen molar-refractivity contribution >= 4 is 22.6 Å². The molecule has 0 unspecified atom stereocenters. The van der Waals surface area contributed by atoms with E-state index in [0.29, 0.717) is 16.9 Å². The minimum atomic E-state index is -0.389. The van der Waals surface area contributed by atoms with Crippen molar-refractivity contribution in [2.24, 2.45) is 0 Å². The normalized spacial score (nSPS) is 11.2. The van der Waals surface area contributed by atoms with Gasteiger partial charge in [0.05, 0.1) is 17.5 Å². The van der Waals surface area contributed by atoms with Crippen LogP contribution in [0.5, 0.6) is 0 Å². The highest BCUT2D eigenvalue weighted by atomic mass is 19.1. The van der Waals surface area contributed by atoms with Gasteiger partial charge in [0.25, 0.3) is 5.91 Å². The highest BCUT2D eigenvalue weighted by Crippen LogP contribution is 2.21. The minimum Gasteiger partial charge on any atom is -0.322 e. The standard InChI is InChI=1S/C18H19FN4O/c1-10(2)23-17-13(9-20-23)7-15(12(4)21-17)18(24)22-16-8-14(19)6-5-11(16)3/h5-10H,1-4H3,(H,22,24). The molecule has 5 nitrogen and oxygen atoms in total. The monoisotopic (exact) mass is 326 g/mol. The molecule has 0 atom stereocenters. The number of fused-ring (bicyclic) bond motifs is 1. The number of carbonyl (C=O) groups excluding carboxylic acids is 1. The van der Waals surface area contributed by atoms with Gasteiger partial charge >= 0.3 is 0 Å². The summed E-state index contributed by atoms with van der Waals surface area (Å²) in [7, 11) is 0. The number of aromatic nitrogens is 3. The summed E-state index contributed by atoms with van der Waals surface area (Å²) in [4.78, 5) is 17.1. The third-order valence-corrected chi connectivity index (χ3v) is 3.94. The van der Waals surface area contributed by atoms with Gasteiger partial charge in [0, 0.05) is 17.1 Å². The lowest BCUT2D eigenvalue weighted by atomic mass is 10.1. The van der Waals surface area contributed by atoms with Crippen LogP contribution >= 0.6 is 0 Å². The number of benzene rings is 1. The zero-order valence-corrected chi connectivity index (χ0v) is 14.1. The molecule has 1 amide bonds. The van der Waals surface area contributed by atoms with E-state index in [0.717, 1.165) is 16.6 Å². The first-order chi connectivity index (χ1) is 11.4. The third-order valence-electron chi connectivity index (χ3n) is 3.94. The maximum atomic E-state index is 13.4. The van der Waals surface area contributed by atoms with Crippen LogP contribution in [0, 0.1) is 19.7 Å². The van der Waals surface area contributed by atoms with Gasteiger partial charge in [0.1, 0.15) is 5.82 Å². The van der Waals surface area contributed by atoms with E-state index in [-0.39, 0.29) is 17.8 Å². The first-order valence-electron chi connectivity index (χ1n) is 7.79. The molecule has 2 aromatic heterocycles. The van der Waals surface area contributed by atoms with Crippen molar-refractivity contribution in [3.05, 3.63) is 53.1 Å². The quantitative estimate of drug-likeness (QED) is 0.791. The Hall–Kier alpha value is -2.76. The van der Waals surface area contributed by atoms with Crippen molar-refractivity contribution < 1.29 is 9.18 Å². The second-order valence-electron chi connectivity index (χ2n) is 6.13. The zero-order chi connectivity index (χ0) is 17.4. The van der Waals surface area contributed by atoms with Gasteiger partial charge in [0.2, 0.25) is 0 Å². The first kappa shape index (κ1) is 16.1. The van der Waals surface area contributed by atoms with Crippen molar-refractivity contribution in [1.82, 2.24) is 14.8 Å². The molecule has 0 aliphatic carbocycles. The Balaban J connectivity index is 1.98. The molecule has 24 heavy (non-hydrogen) atoms. The number of amides is 1. The summed E-state index contributed by atoms with van der Waals surface area (Å²) in [5.74, 6) is -0.702. The lowest BCUT2D eigenvalue weighted by Crippen LogP contribution is -2.15. The number of nitrogens with one attached hydrogen (secondary N) is 1. The lowest BCUT2D eigenvalue weighted by Gasteiger charge is -2.11. The number of halogens is 1. The van der Waals surface area contributed by atoms with E-state index < -0.39 is 0 Å². The van der Waals surface area contributed by atoms with Crippen LogP contribution in [0.15, 0.2) is 30.5 Å². The Labute approximate surface area is 139 Å². The predicted octanol–water partition coefficient (Wildman–Crippen LogP) is 4.02. The van der Waals surface area contributed by atoms with Crippen LogP contribution < -0.4 is 5.32 Å². The molecule has 0 fully saturated rings. The number of rotatable bonds is 3. The molecule has 0 saturated carbocycles. The Morgan fingerprint density at radius 2 is 2.00 bits per heavy atom. The maximum Gasteiger partial charge on any atom is 0.257 e. The fourth-order valence-electron chi connectivity index (χ4n) is 2.59. The van der Waals surface area contributed by atoms with Gasteiger partial charge in [0.15, 0.2) is 5.65 Å². The molecular formula is C18H19FN4O. The molecule has 0 saturated heterocycles. The molecule has 0 aliphatic heterocycles. The molecule has 0 aliphatic rings. The molecule has 3 aromatic rings. The molecular weight excluding hydrogens is 307 g/mol. The maximum absolute atomic E-state index is 13.4. The van der Waals surface area contributed by atoms with Gasteiger partial charge in [-0.05, 0) is 51.5 Å². The summed E-state index contributed by atoms with van der Waals surface area (Å²) in [5.41, 5.74) is 3.06. The van der Waals surface area contributed by atoms with E-state index in [9.17, 15) is 9.18 Å². The van der Waals surface area contributed by atoms with E-state index >= 15 is 0 Å². The van der Waals surface area contributed by atoms with Gasteiger partial charge in [-0.2, -0.15) is 5.10 Å². The summed E-state index contributed by atoms with van der Waals surface area (Å²) >= 11 is 0. The molecule has 1 N–H and O–H groups in total. The highest BCUT2D eigenvalue weighted by Gasteiger charge is 2.16. The van der Waals surface area contributed by atoms with Crippen LogP contribution in [0.3, 0.4) is 0 Å². The molecule has 0 bridgehead atoms. The SMILES string of the molecule is Cc1ccc(F)cc1NC(=O)c1cc2cnn(C(C)C)c2nc1C. The number of anilines is 1. The van der Waals surface area contributed by atoms with Crippen LogP contribution in [0.1, 0.15) is 41.5 Å². The number of hydrogen-bond donors (Lipinski definition) is 1. The van der Waals surface area contributed by atoms with Crippen molar-refractivity contribution in [2.75, 3.05) is 5.32 Å². The van der Waals surface area contributed by atoms with Crippen molar-refractivity contribution in [1.29, 1.82) is 0 Å². The second kappa shape index (κ2) is 6.03. The van der Waals surface area contributed by atoms with E-state index in [1.54, 1.807) is 25.3 Å². The number of hydrogen-bond acceptors (Lipinski definition) is 3. The Morgan fingerprint density at radius 3 is 2.71 bits per heavy atom. The Morgan fingerprint density at radius 1 is 1.25 bits per heavy atom. The predicted molar refractivity (Wildman–Crippen MR) is 91.7 cm³/mol. The van der Waals surface area contributed by atoms with Crippen molar-refractivity contribution in [3.63, 3.8) is 0 Å². The summed E-state index contributed by atoms with van der Waals surface area (Å²) in [6.45, 7) is 7.65. The van der Waals surface area contributed by atoms with E-state index in [2.05, 4.69) is 15.4 Å². The fraction of sp³-hybridized carbons (Fsp3) is 0.278. The van der Waals surface area contributed by atoms with Crippen molar-refractivity contribution in [2.45, 2.75) is 33.7 Å². The summed E-state index contributed by atoms with van der Waals surface area (Å²) in [6, 6.07) is 6.26. The summed E-state index contributed by atoms with van der Waals surface area (Å²) < 4.78 is 15.2. The Bertz CT molecular complexity index is 930. The van der Waals surface area contributed by atoms with Gasteiger partial charge in [-0.25, -0.2) is 14.1 Å². The number of pyridine rings is 1. The van der Waals surface area contributed by atoms with Crippen LogP contribution in [0.2, 0.25) is 0 Å². The van der Waals surface area contributed by atoms with Crippen LogP contribution in [-0.2, 0) is 0 Å². The third kappa shape index (κ3) is 2.87. The smallest absolute Gasteiger partial charge is 0.257 e. The number of carbonyl (C=O) groups is 1. The van der Waals surface area contributed by atoms with E-state index in [1.807, 2.05) is 25.5 Å². The summed E-state index contributed by atoms with van der Waals surface area (Å²) in [6.07, 6.45) is 1.70. The zero-order valence-electron chi connectivity index (χ0n) is 14.1. The van der Waals surface area contributed by atoms with Gasteiger partial charge < -0.3 is 5.32 Å². The Kier molecular flexibility index (Phi) is 4.05. The van der Waals surface area contributed by atoms with Crippen LogP contribution in [0.25, 0.3) is 11.0 Å². The topological polar surface area (TPSA) is 59.8 Å². The van der Waals surface area contributed by atoms with Crippen LogP contribution in [0.4, 0.5) is 10.1 Å². The molecule has 6 heteroatoms. The van der Waals surface area contributed by atoms with E-state index in [1.165, 1.54) is 12.1 Å². The van der Waals surface area contributed by atoms with Gasteiger partial charge in [-0.3, -0.25) is 4.79 Å². The molecule has 0 radical (unpaired) electrons. The lowest BCUT2D eigenvalue weighted by molar-refractivity contribution is 0.102. The fourth-order valence-corrected chi connectivity index (χ4v) is 2.59. The molecule has 124 valence electrons. The average molecular weight is 326 g/mol. The van der Waals surface area contributed by atoms with Crippen molar-refractivity contribution in [3.8, 4) is 0 Å². The van der Waals surface area contributed by atoms with Gasteiger partial charge in [-0.1, -0.05) is 6.07 Å². The molecule has 2 heterocycles. The highest BCUT2D eigenvalue weighted by molar-refractivity contribution is 6.06. The molecule has 3 rings (SSSR count). The minimum absolute atomic E-state index is 0.184. The average Bonchev–Trinajstić information content (AvgIpc) is 2.92. The second-order valence-corrected chi connectivity index (χ2v) is 6.13. The molecule has 0 spiro atoms. The van der Waals surface area contributed by atoms with Crippen LogP contribution in [-0.4, -0.2) is 20.7 Å². The number of nitrogens with zero attached hydrogens (tertiary/aromatic N) is 3. The van der Waals surface area contributed by atoms with Gasteiger partial charge in [-0.15, -0.1) is 0 Å². The molecule has 1 aromatic carbocycles. The first-order valence-corrected chi connectivity index (χ1v) is 7.79. The largest absolute Gasteiger partial charge is 0.322 e. The van der Waals surface area contributed by atoms with E-state index in [4.69, 9.17) is 0 Å². The summed E-state index contributed by atoms with van der Waals surface area (Å²) in [5, 5.41) is 7.88. The number of aryl methyl sites for hydroxylation is 2.